The first kappa shape index (κ1) is 26.9. The Labute approximate surface area is 179 Å². The first-order chi connectivity index (χ1) is 13.6. The summed E-state index contributed by atoms with van der Waals surface area (Å²) in [6.45, 7) is 2.20. The van der Waals surface area contributed by atoms with Crippen LogP contribution in [-0.2, 0) is 5.75 Å². The highest BCUT2D eigenvalue weighted by atomic mass is 32.2. The van der Waals surface area contributed by atoms with E-state index in [0.717, 1.165) is 20.9 Å². The smallest absolute Gasteiger partial charge is 0.228 e. The summed E-state index contributed by atoms with van der Waals surface area (Å²) in [5, 5.41) is 0. The number of alkyl halides is 2. The van der Waals surface area contributed by atoms with Gasteiger partial charge in [-0.05, 0) is 43.4 Å². The average molecular weight is 463 g/mol. The molecule has 2 aromatic carbocycles. The predicted molar refractivity (Wildman–Crippen MR) is 128 cm³/mol. The van der Waals surface area contributed by atoms with Crippen molar-refractivity contribution in [2.24, 2.45) is 0 Å². The van der Waals surface area contributed by atoms with Gasteiger partial charge < -0.3 is 9.47 Å². The summed E-state index contributed by atoms with van der Waals surface area (Å²) in [5.41, 5.74) is 2.96. The van der Waals surface area contributed by atoms with Gasteiger partial charge in [-0.3, -0.25) is 0 Å². The van der Waals surface area contributed by atoms with Crippen LogP contribution in [0.1, 0.15) is 16.7 Å². The van der Waals surface area contributed by atoms with Gasteiger partial charge in [0.2, 0.25) is 13.7 Å². The molecule has 0 bridgehead atoms. The molecule has 0 unspecified atom stereocenters. The molecule has 154 valence electrons. The van der Waals surface area contributed by atoms with Gasteiger partial charge in [0.15, 0.2) is 0 Å². The molecule has 0 saturated heterocycles. The van der Waals surface area contributed by atoms with E-state index in [-0.39, 0.29) is 0 Å². The van der Waals surface area contributed by atoms with E-state index in [9.17, 15) is 8.78 Å². The quantitative estimate of drug-likeness (QED) is 0.391. The molecule has 2 aromatic rings. The van der Waals surface area contributed by atoms with E-state index in [4.69, 9.17) is 9.47 Å². The number of hydrogen-bond donors (Lipinski definition) is 0. The lowest BCUT2D eigenvalue weighted by Crippen LogP contribution is -2.01. The van der Waals surface area contributed by atoms with Crippen LogP contribution in [0.3, 0.4) is 0 Å². The van der Waals surface area contributed by atoms with Crippen molar-refractivity contribution < 1.29 is 18.3 Å². The highest BCUT2D eigenvalue weighted by Crippen LogP contribution is 2.41. The molecule has 0 saturated carbocycles. The van der Waals surface area contributed by atoms with Crippen LogP contribution in [-0.4, -0.2) is 32.6 Å². The molecular formula is C20H26F2O2P2S2. The van der Waals surface area contributed by atoms with Crippen LogP contribution in [0.4, 0.5) is 8.78 Å². The van der Waals surface area contributed by atoms with Crippen LogP contribution in [0.15, 0.2) is 40.1 Å². The van der Waals surface area contributed by atoms with Gasteiger partial charge in [0.1, 0.15) is 11.5 Å². The fraction of sp³-hybridized carbons (Fsp3) is 0.300. The third-order valence-corrected chi connectivity index (χ3v) is 5.38. The fourth-order valence-corrected chi connectivity index (χ4v) is 3.99. The molecule has 0 aromatic heterocycles. The van der Waals surface area contributed by atoms with Crippen LogP contribution in [0.2, 0.25) is 0 Å². The monoisotopic (exact) mass is 462 g/mol. The molecule has 2 nitrogen and oxygen atoms in total. The molecule has 2 rings (SSSR count). The first-order valence-corrected chi connectivity index (χ1v) is 11.7. The number of rotatable bonds is 8. The molecule has 0 atom stereocenters. The summed E-state index contributed by atoms with van der Waals surface area (Å²) in [4.78, 5) is 1.94. The number of ether oxygens (including phenoxy) is 2. The zero-order valence-electron chi connectivity index (χ0n) is 16.3. The van der Waals surface area contributed by atoms with E-state index in [1.165, 1.54) is 23.5 Å². The van der Waals surface area contributed by atoms with Gasteiger partial charge in [-0.15, -0.1) is 17.7 Å². The topological polar surface area (TPSA) is 18.5 Å². The predicted octanol–water partition coefficient (Wildman–Crippen LogP) is 7.05. The Bertz CT molecular complexity index is 684. The SMILES string of the molecule is C=P.C=P.CSCc1c(OCF)cc(Sc2c(C)cccc2C)cc1OCF. The fourth-order valence-electron chi connectivity index (χ4n) is 2.39. The molecule has 0 aliphatic heterocycles. The minimum atomic E-state index is -0.937. The lowest BCUT2D eigenvalue weighted by Gasteiger charge is -2.16. The minimum absolute atomic E-state index is 0.395. The lowest BCUT2D eigenvalue weighted by molar-refractivity contribution is 0.179. The van der Waals surface area contributed by atoms with Crippen molar-refractivity contribution in [3.05, 3.63) is 47.0 Å². The Hall–Kier alpha value is -1.06. The van der Waals surface area contributed by atoms with Crippen molar-refractivity contribution in [1.82, 2.24) is 0 Å². The Kier molecular flexibility index (Phi) is 15.2. The van der Waals surface area contributed by atoms with Gasteiger partial charge in [0, 0.05) is 21.1 Å². The normalized spacial score (nSPS) is 9.46. The molecule has 8 heteroatoms. The lowest BCUT2D eigenvalue weighted by atomic mass is 10.2. The first-order valence-electron chi connectivity index (χ1n) is 8.08. The second-order valence-corrected chi connectivity index (χ2v) is 7.11. The van der Waals surface area contributed by atoms with E-state index in [1.807, 2.05) is 38.3 Å². The van der Waals surface area contributed by atoms with Crippen molar-refractivity contribution in [1.29, 1.82) is 0 Å². The van der Waals surface area contributed by atoms with E-state index in [1.54, 1.807) is 12.1 Å². The molecule has 0 radical (unpaired) electrons. The van der Waals surface area contributed by atoms with Crippen LogP contribution in [0.25, 0.3) is 0 Å². The highest BCUT2D eigenvalue weighted by Gasteiger charge is 2.15. The highest BCUT2D eigenvalue weighted by molar-refractivity contribution is 7.99. The molecular weight excluding hydrogens is 436 g/mol. The zero-order chi connectivity index (χ0) is 21.5. The molecule has 28 heavy (non-hydrogen) atoms. The molecule has 0 spiro atoms. The van der Waals surface area contributed by atoms with E-state index in [0.29, 0.717) is 22.8 Å². The van der Waals surface area contributed by atoms with Gasteiger partial charge in [0.25, 0.3) is 0 Å². The number of halogens is 2. The summed E-state index contributed by atoms with van der Waals surface area (Å²) in [5.74, 6) is 1.34. The molecule has 0 heterocycles. The molecule has 0 fully saturated rings. The third kappa shape index (κ3) is 8.13. The molecule has 0 amide bonds. The largest absolute Gasteiger partial charge is 0.462 e. The van der Waals surface area contributed by atoms with Crippen LogP contribution in [0.5, 0.6) is 11.5 Å². The van der Waals surface area contributed by atoms with E-state index < -0.39 is 13.7 Å². The Morgan fingerprint density at radius 3 is 1.79 bits per heavy atom. The van der Waals surface area contributed by atoms with Crippen molar-refractivity contribution >= 4 is 53.8 Å². The van der Waals surface area contributed by atoms with Crippen molar-refractivity contribution in [2.75, 3.05) is 20.0 Å². The second kappa shape index (κ2) is 15.8. The summed E-state index contributed by atoms with van der Waals surface area (Å²) in [6, 6.07) is 9.65. The maximum absolute atomic E-state index is 12.8. The summed E-state index contributed by atoms with van der Waals surface area (Å²) >= 11 is 3.07. The standard InChI is InChI=1S/C18H20F2O2S2.2CH3P/c1-12-5-4-6-13(2)18(12)24-14-7-16(21-10-19)15(9-23-3)17(8-14)22-11-20;2*1-2/h4-8H,9-11H2,1-3H3;2*2H,1H2. The number of benzene rings is 2. The maximum atomic E-state index is 12.8. The average Bonchev–Trinajstić information content (AvgIpc) is 2.71. The van der Waals surface area contributed by atoms with Gasteiger partial charge in [-0.25, -0.2) is 8.78 Å². The molecule has 0 aliphatic carbocycles. The summed E-state index contributed by atoms with van der Waals surface area (Å²) in [7, 11) is 5.44. The van der Waals surface area contributed by atoms with Crippen LogP contribution >= 0.6 is 41.3 Å². The second-order valence-electron chi connectivity index (χ2n) is 5.16. The van der Waals surface area contributed by atoms with Gasteiger partial charge in [-0.1, -0.05) is 42.6 Å². The summed E-state index contributed by atoms with van der Waals surface area (Å²) < 4.78 is 35.7. The Morgan fingerprint density at radius 2 is 1.39 bits per heavy atom. The van der Waals surface area contributed by atoms with Crippen LogP contribution < -0.4 is 9.47 Å². The Balaban J connectivity index is 0.00000171. The molecule has 0 aliphatic rings. The van der Waals surface area contributed by atoms with E-state index >= 15 is 0 Å². The Morgan fingerprint density at radius 1 is 0.929 bits per heavy atom. The minimum Gasteiger partial charge on any atom is -0.462 e. The van der Waals surface area contributed by atoms with Crippen molar-refractivity contribution in [2.45, 2.75) is 29.4 Å². The van der Waals surface area contributed by atoms with Crippen molar-refractivity contribution in [3.8, 4) is 11.5 Å². The van der Waals surface area contributed by atoms with Crippen molar-refractivity contribution in [3.63, 3.8) is 0 Å². The number of thioether (sulfide) groups is 1. The molecule has 0 N–H and O–H groups in total. The maximum Gasteiger partial charge on any atom is 0.228 e. The van der Waals surface area contributed by atoms with Gasteiger partial charge in [0.05, 0.1) is 0 Å². The van der Waals surface area contributed by atoms with Gasteiger partial charge in [-0.2, -0.15) is 11.8 Å². The number of aryl methyl sites for hydroxylation is 2. The van der Waals surface area contributed by atoms with E-state index in [2.05, 4.69) is 30.3 Å². The van der Waals surface area contributed by atoms with Gasteiger partial charge >= 0.3 is 0 Å². The zero-order valence-corrected chi connectivity index (χ0v) is 19.9. The number of hydrogen-bond acceptors (Lipinski definition) is 4. The van der Waals surface area contributed by atoms with Crippen LogP contribution in [0, 0.1) is 13.8 Å². The third-order valence-electron chi connectivity index (χ3n) is 3.48. The summed E-state index contributed by atoms with van der Waals surface area (Å²) in [6.07, 6.45) is 8.03.